The number of carbonyl (C=O) groups is 2. The minimum Gasteiger partial charge on any atom is -0.396 e. The fourth-order valence-electron chi connectivity index (χ4n) is 3.98. The Morgan fingerprint density at radius 3 is 2.39 bits per heavy atom. The Kier molecular flexibility index (Phi) is 10.3. The monoisotopic (exact) mass is 562 g/mol. The zero-order chi connectivity index (χ0) is 27.9. The Balaban J connectivity index is 1.68. The maximum absolute atomic E-state index is 14.8. The van der Waals surface area contributed by atoms with Gasteiger partial charge in [-0.2, -0.15) is 13.2 Å². The number of aliphatic hydroxyl groups excluding tert-OH is 1. The number of halogens is 6. The second-order valence-corrected chi connectivity index (χ2v) is 9.25. The normalized spacial score (nSPS) is 14.4. The van der Waals surface area contributed by atoms with Crippen LogP contribution in [-0.4, -0.2) is 67.3 Å². The fourth-order valence-corrected chi connectivity index (χ4v) is 4.15. The number of benzene rings is 2. The molecular formula is C25H28ClF5N4O3. The molecule has 208 valence electrons. The molecule has 7 nitrogen and oxygen atoms in total. The van der Waals surface area contributed by atoms with Crippen LogP contribution < -0.4 is 15.5 Å². The van der Waals surface area contributed by atoms with Crippen molar-refractivity contribution in [2.75, 3.05) is 49.5 Å². The zero-order valence-electron chi connectivity index (χ0n) is 20.4. The first kappa shape index (κ1) is 29.6. The molecule has 3 N–H and O–H groups in total. The van der Waals surface area contributed by atoms with Gasteiger partial charge in [0.05, 0.1) is 23.4 Å². The van der Waals surface area contributed by atoms with E-state index in [4.69, 9.17) is 16.7 Å². The molecule has 0 radical (unpaired) electrons. The van der Waals surface area contributed by atoms with Crippen molar-refractivity contribution in [3.8, 4) is 0 Å². The smallest absolute Gasteiger partial charge is 0.390 e. The summed E-state index contributed by atoms with van der Waals surface area (Å²) in [6.07, 6.45) is -4.86. The lowest BCUT2D eigenvalue weighted by Gasteiger charge is -2.37. The molecule has 3 rings (SSSR count). The molecule has 0 spiro atoms. The summed E-state index contributed by atoms with van der Waals surface area (Å²) < 4.78 is 67.0. The van der Waals surface area contributed by atoms with Gasteiger partial charge in [-0.05, 0) is 30.7 Å². The van der Waals surface area contributed by atoms with E-state index in [9.17, 15) is 31.5 Å². The van der Waals surface area contributed by atoms with Crippen LogP contribution in [0.15, 0.2) is 30.3 Å². The van der Waals surface area contributed by atoms with Gasteiger partial charge in [0.1, 0.15) is 0 Å². The van der Waals surface area contributed by atoms with Gasteiger partial charge in [0.2, 0.25) is 5.91 Å². The van der Waals surface area contributed by atoms with Gasteiger partial charge >= 0.3 is 6.18 Å². The second-order valence-electron chi connectivity index (χ2n) is 8.81. The number of carbonyl (C=O) groups excluding carboxylic acids is 2. The van der Waals surface area contributed by atoms with Gasteiger partial charge in [-0.15, -0.1) is 0 Å². The first-order valence-corrected chi connectivity index (χ1v) is 12.4. The summed E-state index contributed by atoms with van der Waals surface area (Å²) in [5.74, 6) is -3.99. The van der Waals surface area contributed by atoms with Gasteiger partial charge < -0.3 is 20.6 Å². The highest BCUT2D eigenvalue weighted by atomic mass is 35.5. The van der Waals surface area contributed by atoms with E-state index in [2.05, 4.69) is 10.6 Å². The average molecular weight is 563 g/mol. The van der Waals surface area contributed by atoms with Crippen molar-refractivity contribution < 1.29 is 36.6 Å². The highest BCUT2D eigenvalue weighted by Gasteiger charge is 2.29. The summed E-state index contributed by atoms with van der Waals surface area (Å²) in [6.45, 7) is 0.926. The lowest BCUT2D eigenvalue weighted by atomic mass is 10.1. The molecule has 0 aromatic heterocycles. The van der Waals surface area contributed by atoms with Crippen LogP contribution >= 0.6 is 11.6 Å². The largest absolute Gasteiger partial charge is 0.396 e. The predicted molar refractivity (Wildman–Crippen MR) is 133 cm³/mol. The lowest BCUT2D eigenvalue weighted by Crippen LogP contribution is -2.47. The van der Waals surface area contributed by atoms with E-state index >= 15 is 0 Å². The van der Waals surface area contributed by atoms with Crippen LogP contribution in [0.1, 0.15) is 35.2 Å². The molecule has 2 aromatic carbocycles. The minimum atomic E-state index is -4.23. The second kappa shape index (κ2) is 13.2. The van der Waals surface area contributed by atoms with Crippen LogP contribution in [0.4, 0.5) is 33.3 Å². The van der Waals surface area contributed by atoms with E-state index in [1.807, 2.05) is 4.90 Å². The topological polar surface area (TPSA) is 84.9 Å². The van der Waals surface area contributed by atoms with E-state index in [0.717, 1.165) is 6.07 Å². The SMILES string of the molecule is O=C(CCCO)NCc1ccc(C(=O)Nc2ccc(Cl)cc2N2CCN(CCC(F)(F)F)CC2)c(F)c1F. The Morgan fingerprint density at radius 1 is 1.03 bits per heavy atom. The maximum atomic E-state index is 14.8. The van der Waals surface area contributed by atoms with Gasteiger partial charge in [0.15, 0.2) is 11.6 Å². The molecule has 0 bridgehead atoms. The highest BCUT2D eigenvalue weighted by Crippen LogP contribution is 2.31. The van der Waals surface area contributed by atoms with Crippen molar-refractivity contribution in [2.45, 2.75) is 32.0 Å². The molecule has 1 heterocycles. The summed E-state index contributed by atoms with van der Waals surface area (Å²) >= 11 is 6.13. The van der Waals surface area contributed by atoms with Crippen LogP contribution in [0, 0.1) is 11.6 Å². The standard InChI is InChI=1S/C25H28ClF5N4O3/c26-17-4-6-19(20(14-17)35-11-9-34(10-12-35)8-7-25(29,30)31)33-24(38)18-5-3-16(22(27)23(18)28)15-32-21(37)2-1-13-36/h3-6,14,36H,1-2,7-13,15H2,(H,32,37)(H,33,38). The quantitative estimate of drug-likeness (QED) is 0.375. The van der Waals surface area contributed by atoms with Gasteiger partial charge in [-0.3, -0.25) is 14.5 Å². The molecule has 0 atom stereocenters. The molecule has 1 aliphatic rings. The van der Waals surface area contributed by atoms with Gasteiger partial charge in [0.25, 0.3) is 5.91 Å². The third-order valence-electron chi connectivity index (χ3n) is 6.08. The number of aliphatic hydroxyl groups is 1. The van der Waals surface area contributed by atoms with Crippen molar-refractivity contribution in [3.63, 3.8) is 0 Å². The number of piperazine rings is 1. The maximum Gasteiger partial charge on any atom is 0.390 e. The molecule has 38 heavy (non-hydrogen) atoms. The summed E-state index contributed by atoms with van der Waals surface area (Å²) in [7, 11) is 0. The van der Waals surface area contributed by atoms with Crippen LogP contribution in [-0.2, 0) is 11.3 Å². The number of nitrogens with zero attached hydrogens (tertiary/aromatic N) is 2. The van der Waals surface area contributed by atoms with E-state index in [0.29, 0.717) is 36.9 Å². The van der Waals surface area contributed by atoms with E-state index in [1.54, 1.807) is 11.0 Å². The third-order valence-corrected chi connectivity index (χ3v) is 6.31. The number of hydrogen-bond donors (Lipinski definition) is 3. The number of hydrogen-bond acceptors (Lipinski definition) is 5. The van der Waals surface area contributed by atoms with Crippen molar-refractivity contribution >= 4 is 34.8 Å². The molecule has 0 aliphatic carbocycles. The Bertz CT molecular complexity index is 1140. The van der Waals surface area contributed by atoms with Crippen LogP contribution in [0.25, 0.3) is 0 Å². The van der Waals surface area contributed by atoms with Crippen LogP contribution in [0.5, 0.6) is 0 Å². The number of anilines is 2. The van der Waals surface area contributed by atoms with Crippen LogP contribution in [0.3, 0.4) is 0 Å². The summed E-state index contributed by atoms with van der Waals surface area (Å²) in [4.78, 5) is 28.1. The highest BCUT2D eigenvalue weighted by molar-refractivity contribution is 6.31. The van der Waals surface area contributed by atoms with E-state index in [1.165, 1.54) is 18.2 Å². The molecule has 0 saturated carbocycles. The van der Waals surface area contributed by atoms with E-state index in [-0.39, 0.29) is 43.8 Å². The Labute approximate surface area is 221 Å². The van der Waals surface area contributed by atoms with Crippen molar-refractivity contribution in [1.82, 2.24) is 10.2 Å². The number of rotatable bonds is 10. The Morgan fingerprint density at radius 2 is 1.74 bits per heavy atom. The molecule has 0 unspecified atom stereocenters. The van der Waals surface area contributed by atoms with Crippen LogP contribution in [0.2, 0.25) is 5.02 Å². The number of nitrogens with one attached hydrogen (secondary N) is 2. The molecule has 1 aliphatic heterocycles. The van der Waals surface area contributed by atoms with Gasteiger partial charge in [0, 0.05) is 62.9 Å². The number of alkyl halides is 3. The predicted octanol–water partition coefficient (Wildman–Crippen LogP) is 4.33. The van der Waals surface area contributed by atoms with Crippen molar-refractivity contribution in [3.05, 3.63) is 58.1 Å². The summed E-state index contributed by atoms with van der Waals surface area (Å²) in [6, 6.07) is 6.92. The molecular weight excluding hydrogens is 535 g/mol. The molecule has 1 saturated heterocycles. The first-order chi connectivity index (χ1) is 18.0. The van der Waals surface area contributed by atoms with Gasteiger partial charge in [-0.25, -0.2) is 8.78 Å². The summed E-state index contributed by atoms with van der Waals surface area (Å²) in [5, 5.41) is 14.1. The van der Waals surface area contributed by atoms with E-state index < -0.39 is 41.6 Å². The first-order valence-electron chi connectivity index (χ1n) is 12.0. The average Bonchev–Trinajstić information content (AvgIpc) is 2.88. The summed E-state index contributed by atoms with van der Waals surface area (Å²) in [5.41, 5.74) is 0.0929. The molecule has 13 heteroatoms. The molecule has 2 aromatic rings. The van der Waals surface area contributed by atoms with Gasteiger partial charge in [-0.1, -0.05) is 17.7 Å². The van der Waals surface area contributed by atoms with Crippen molar-refractivity contribution in [2.24, 2.45) is 0 Å². The fraction of sp³-hybridized carbons (Fsp3) is 0.440. The lowest BCUT2D eigenvalue weighted by molar-refractivity contribution is -0.138. The number of amides is 2. The Hall–Kier alpha value is -2.96. The molecule has 2 amide bonds. The molecule has 1 fully saturated rings. The third kappa shape index (κ3) is 8.27. The van der Waals surface area contributed by atoms with Crippen molar-refractivity contribution in [1.29, 1.82) is 0 Å². The minimum absolute atomic E-state index is 0.0348. The zero-order valence-corrected chi connectivity index (χ0v) is 21.1.